The molecule has 2 N–H and O–H groups in total. The Balaban J connectivity index is 1.79. The molecule has 1 heterocycles. The Labute approximate surface area is 122 Å². The molecule has 0 aliphatic heterocycles. The topological polar surface area (TPSA) is 61.3 Å². The number of H-pyrrole nitrogens is 1. The molecule has 0 spiro atoms. The molecule has 1 fully saturated rings. The number of para-hydroxylation sites is 2. The maximum Gasteiger partial charge on any atom is 0.167 e. The molecule has 0 unspecified atom stereocenters. The van der Waals surface area contributed by atoms with Gasteiger partial charge in [-0.15, -0.1) is 0 Å². The fourth-order valence-electron chi connectivity index (χ4n) is 2.68. The van der Waals surface area contributed by atoms with Gasteiger partial charge in [0.2, 0.25) is 0 Å². The van der Waals surface area contributed by atoms with Crippen molar-refractivity contribution in [2.45, 2.75) is 48.9 Å². The molecular formula is C15H19N3OS. The minimum Gasteiger partial charge on any atom is -0.411 e. The minimum atomic E-state index is 0.237. The van der Waals surface area contributed by atoms with Crippen LogP contribution in [0.25, 0.3) is 11.0 Å². The standard InChI is InChI=1S/C15H19N3OS/c19-18-13-9-3-1-2-4-10-14(13)20-15-16-11-7-5-6-8-12(11)17-15/h5-8,14,19H,1-4,9-10H2,(H,16,17)/b18-13-/t14-/m0/s1. The lowest BCUT2D eigenvalue weighted by Gasteiger charge is -2.19. The zero-order valence-electron chi connectivity index (χ0n) is 11.4. The van der Waals surface area contributed by atoms with Gasteiger partial charge in [0, 0.05) is 0 Å². The molecule has 106 valence electrons. The largest absolute Gasteiger partial charge is 0.411 e. The molecule has 3 rings (SSSR count). The number of aromatic nitrogens is 2. The van der Waals surface area contributed by atoms with E-state index in [2.05, 4.69) is 15.1 Å². The highest BCUT2D eigenvalue weighted by Crippen LogP contribution is 2.30. The van der Waals surface area contributed by atoms with Gasteiger partial charge in [-0.2, -0.15) is 0 Å². The number of hydrogen-bond donors (Lipinski definition) is 2. The molecule has 1 aromatic carbocycles. The Kier molecular flexibility index (Phi) is 4.25. The van der Waals surface area contributed by atoms with Crippen LogP contribution in [0.15, 0.2) is 34.6 Å². The molecule has 1 aromatic heterocycles. The smallest absolute Gasteiger partial charge is 0.167 e. The van der Waals surface area contributed by atoms with Crippen molar-refractivity contribution in [2.75, 3.05) is 0 Å². The van der Waals surface area contributed by atoms with Crippen molar-refractivity contribution in [2.24, 2.45) is 5.16 Å². The first-order valence-electron chi connectivity index (χ1n) is 7.19. The minimum absolute atomic E-state index is 0.237. The van der Waals surface area contributed by atoms with Gasteiger partial charge in [-0.3, -0.25) is 0 Å². The lowest BCUT2D eigenvalue weighted by atomic mass is 9.99. The molecule has 0 radical (unpaired) electrons. The number of nitrogens with zero attached hydrogens (tertiary/aromatic N) is 2. The van der Waals surface area contributed by atoms with Crippen molar-refractivity contribution >= 4 is 28.5 Å². The van der Waals surface area contributed by atoms with E-state index >= 15 is 0 Å². The van der Waals surface area contributed by atoms with Crippen LogP contribution in [0.2, 0.25) is 0 Å². The lowest BCUT2D eigenvalue weighted by Crippen LogP contribution is -2.19. The summed E-state index contributed by atoms with van der Waals surface area (Å²) in [5.41, 5.74) is 2.96. The number of oxime groups is 1. The summed E-state index contributed by atoms with van der Waals surface area (Å²) < 4.78 is 0. The molecule has 0 bridgehead atoms. The van der Waals surface area contributed by atoms with Crippen molar-refractivity contribution in [1.82, 2.24) is 9.97 Å². The van der Waals surface area contributed by atoms with Crippen molar-refractivity contribution in [3.8, 4) is 0 Å². The van der Waals surface area contributed by atoms with Crippen LogP contribution in [0.1, 0.15) is 38.5 Å². The van der Waals surface area contributed by atoms with E-state index in [1.165, 1.54) is 19.3 Å². The van der Waals surface area contributed by atoms with E-state index < -0.39 is 0 Å². The highest BCUT2D eigenvalue weighted by Gasteiger charge is 2.21. The van der Waals surface area contributed by atoms with E-state index in [1.54, 1.807) is 11.8 Å². The summed E-state index contributed by atoms with van der Waals surface area (Å²) in [5.74, 6) is 0. The van der Waals surface area contributed by atoms with Crippen LogP contribution in [0.3, 0.4) is 0 Å². The van der Waals surface area contributed by atoms with E-state index in [0.717, 1.165) is 41.2 Å². The van der Waals surface area contributed by atoms with E-state index in [1.807, 2.05) is 24.3 Å². The second-order valence-corrected chi connectivity index (χ2v) is 6.40. The van der Waals surface area contributed by atoms with Crippen LogP contribution < -0.4 is 0 Å². The summed E-state index contributed by atoms with van der Waals surface area (Å²) in [6.07, 6.45) is 6.78. The molecule has 0 saturated heterocycles. The Morgan fingerprint density at radius 1 is 1.20 bits per heavy atom. The van der Waals surface area contributed by atoms with Crippen molar-refractivity contribution in [1.29, 1.82) is 0 Å². The zero-order chi connectivity index (χ0) is 13.8. The van der Waals surface area contributed by atoms with Gasteiger partial charge in [0.25, 0.3) is 0 Å². The summed E-state index contributed by atoms with van der Waals surface area (Å²) in [4.78, 5) is 7.94. The molecular weight excluding hydrogens is 270 g/mol. The van der Waals surface area contributed by atoms with Gasteiger partial charge < -0.3 is 10.2 Å². The molecule has 5 heteroatoms. The van der Waals surface area contributed by atoms with Crippen LogP contribution in [0.4, 0.5) is 0 Å². The number of hydrogen-bond acceptors (Lipinski definition) is 4. The third-order valence-electron chi connectivity index (χ3n) is 3.77. The second kappa shape index (κ2) is 6.31. The van der Waals surface area contributed by atoms with Gasteiger partial charge in [-0.1, -0.05) is 48.3 Å². The number of thioether (sulfide) groups is 1. The maximum absolute atomic E-state index is 9.24. The Morgan fingerprint density at radius 2 is 2.05 bits per heavy atom. The summed E-state index contributed by atoms with van der Waals surface area (Å²) >= 11 is 1.69. The van der Waals surface area contributed by atoms with E-state index in [4.69, 9.17) is 0 Å². The van der Waals surface area contributed by atoms with Crippen molar-refractivity contribution in [3.63, 3.8) is 0 Å². The van der Waals surface area contributed by atoms with Gasteiger partial charge in [-0.05, 0) is 31.4 Å². The molecule has 1 aliphatic rings. The molecule has 1 atom stereocenters. The molecule has 4 nitrogen and oxygen atoms in total. The Morgan fingerprint density at radius 3 is 2.90 bits per heavy atom. The first kappa shape index (κ1) is 13.5. The molecule has 0 amide bonds. The quantitative estimate of drug-likeness (QED) is 0.643. The van der Waals surface area contributed by atoms with Crippen molar-refractivity contribution < 1.29 is 5.21 Å². The summed E-state index contributed by atoms with van der Waals surface area (Å²) in [6.45, 7) is 0. The van der Waals surface area contributed by atoms with Gasteiger partial charge in [0.15, 0.2) is 5.16 Å². The number of fused-ring (bicyclic) bond motifs is 1. The first-order valence-corrected chi connectivity index (χ1v) is 8.07. The van der Waals surface area contributed by atoms with E-state index in [-0.39, 0.29) is 5.25 Å². The third-order valence-corrected chi connectivity index (χ3v) is 4.98. The summed E-state index contributed by atoms with van der Waals surface area (Å²) in [7, 11) is 0. The number of nitrogens with one attached hydrogen (secondary N) is 1. The lowest BCUT2D eigenvalue weighted by molar-refractivity contribution is 0.315. The number of benzene rings is 1. The zero-order valence-corrected chi connectivity index (χ0v) is 12.2. The highest BCUT2D eigenvalue weighted by atomic mass is 32.2. The third kappa shape index (κ3) is 2.98. The number of rotatable bonds is 2. The maximum atomic E-state index is 9.24. The molecule has 2 aromatic rings. The summed E-state index contributed by atoms with van der Waals surface area (Å²) in [6, 6.07) is 8.04. The molecule has 1 saturated carbocycles. The van der Waals surface area contributed by atoms with E-state index in [0.29, 0.717) is 0 Å². The summed E-state index contributed by atoms with van der Waals surface area (Å²) in [5, 5.41) is 13.9. The highest BCUT2D eigenvalue weighted by molar-refractivity contribution is 8.00. The van der Waals surface area contributed by atoms with Gasteiger partial charge in [-0.25, -0.2) is 4.98 Å². The van der Waals surface area contributed by atoms with Crippen LogP contribution in [-0.2, 0) is 0 Å². The first-order chi connectivity index (χ1) is 9.86. The number of imidazole rings is 1. The van der Waals surface area contributed by atoms with Gasteiger partial charge in [0.1, 0.15) is 0 Å². The Hall–Kier alpha value is -1.49. The number of aromatic amines is 1. The predicted molar refractivity (Wildman–Crippen MR) is 82.7 cm³/mol. The predicted octanol–water partition coefficient (Wildman–Crippen LogP) is 4.21. The average Bonchev–Trinajstić information content (AvgIpc) is 2.84. The SMILES string of the molecule is O/N=C1/CCCCCC[C@@H]1Sc1nc2ccccc2[nH]1. The van der Waals surface area contributed by atoms with E-state index in [9.17, 15) is 5.21 Å². The van der Waals surface area contributed by atoms with Gasteiger partial charge in [0.05, 0.1) is 22.0 Å². The Bertz CT molecular complexity index is 575. The fraction of sp³-hybridized carbons (Fsp3) is 0.467. The molecule has 1 aliphatic carbocycles. The fourth-order valence-corrected chi connectivity index (χ4v) is 3.85. The van der Waals surface area contributed by atoms with Gasteiger partial charge >= 0.3 is 0 Å². The van der Waals surface area contributed by atoms with Crippen LogP contribution in [0, 0.1) is 0 Å². The second-order valence-electron chi connectivity index (χ2n) is 5.21. The molecule has 20 heavy (non-hydrogen) atoms. The van der Waals surface area contributed by atoms with Crippen LogP contribution in [0.5, 0.6) is 0 Å². The van der Waals surface area contributed by atoms with Crippen molar-refractivity contribution in [3.05, 3.63) is 24.3 Å². The monoisotopic (exact) mass is 289 g/mol. The van der Waals surface area contributed by atoms with Crippen LogP contribution >= 0.6 is 11.8 Å². The average molecular weight is 289 g/mol. The normalized spacial score (nSPS) is 22.8. The van der Waals surface area contributed by atoms with Crippen LogP contribution in [-0.4, -0.2) is 26.1 Å².